The summed E-state index contributed by atoms with van der Waals surface area (Å²) in [4.78, 5) is 33.2. The predicted octanol–water partition coefficient (Wildman–Crippen LogP) is 6.53. The number of urea groups is 1. The van der Waals surface area contributed by atoms with Gasteiger partial charge in [-0.15, -0.1) is 0 Å². The Kier molecular flexibility index (Phi) is 6.95. The first kappa shape index (κ1) is 23.2. The van der Waals surface area contributed by atoms with Gasteiger partial charge in [0.25, 0.3) is 5.56 Å². The van der Waals surface area contributed by atoms with E-state index in [4.69, 9.17) is 4.98 Å². The Morgan fingerprint density at radius 3 is 2.39 bits per heavy atom. The van der Waals surface area contributed by atoms with E-state index in [9.17, 15) is 9.59 Å². The summed E-state index contributed by atoms with van der Waals surface area (Å²) in [5.41, 5.74) is 1.79. The van der Waals surface area contributed by atoms with E-state index in [2.05, 4.69) is 37.2 Å². The Hall–Kier alpha value is -2.97. The summed E-state index contributed by atoms with van der Waals surface area (Å²) in [6, 6.07) is 21.4. The molecule has 4 rings (SSSR count). The molecule has 0 aliphatic carbocycles. The maximum atomic E-state index is 13.6. The van der Waals surface area contributed by atoms with Gasteiger partial charge in [-0.2, -0.15) is 0 Å². The molecule has 1 aromatic heterocycles. The number of para-hydroxylation sites is 2. The fourth-order valence-corrected chi connectivity index (χ4v) is 4.40. The number of hydrogen-bond acceptors (Lipinski definition) is 3. The van der Waals surface area contributed by atoms with Gasteiger partial charge in [0.15, 0.2) is 0 Å². The molecule has 2 amide bonds. The van der Waals surface area contributed by atoms with E-state index in [0.29, 0.717) is 34.5 Å². The Morgan fingerprint density at radius 1 is 1.03 bits per heavy atom. The molecule has 0 spiro atoms. The van der Waals surface area contributed by atoms with E-state index < -0.39 is 6.04 Å². The van der Waals surface area contributed by atoms with Crippen molar-refractivity contribution in [2.45, 2.75) is 19.4 Å². The first-order valence-corrected chi connectivity index (χ1v) is 12.0. The maximum Gasteiger partial charge on any atom is 0.322 e. The molecule has 0 saturated heterocycles. The second kappa shape index (κ2) is 9.89. The second-order valence-electron chi connectivity index (χ2n) is 7.55. The highest BCUT2D eigenvalue weighted by Crippen LogP contribution is 2.27. The lowest BCUT2D eigenvalue weighted by atomic mass is 10.1. The van der Waals surface area contributed by atoms with Crippen LogP contribution in [0.25, 0.3) is 16.6 Å². The zero-order valence-corrected chi connectivity index (χ0v) is 21.3. The summed E-state index contributed by atoms with van der Waals surface area (Å²) in [6.07, 6.45) is 0.571. The van der Waals surface area contributed by atoms with Crippen LogP contribution in [0, 0.1) is 0 Å². The first-order chi connectivity index (χ1) is 15.9. The van der Waals surface area contributed by atoms with E-state index in [1.807, 2.05) is 73.7 Å². The van der Waals surface area contributed by atoms with Crippen molar-refractivity contribution in [3.8, 4) is 5.69 Å². The molecule has 0 saturated carbocycles. The molecule has 1 heterocycles. The molecular formula is C25H22Br2N4O2. The third-order valence-corrected chi connectivity index (χ3v) is 6.69. The summed E-state index contributed by atoms with van der Waals surface area (Å²) in [5.74, 6) is 0.508. The second-order valence-corrected chi connectivity index (χ2v) is 9.32. The summed E-state index contributed by atoms with van der Waals surface area (Å²) >= 11 is 6.91. The van der Waals surface area contributed by atoms with Crippen LogP contribution in [-0.4, -0.2) is 27.5 Å². The standard InChI is InChI=1S/C25H22Br2N4O2/c1-3-22(30(2)25(33)29-21-11-7-5-9-19(21)27)23-28-20-10-6-4-8-18(20)24(32)31(23)17-14-12-16(26)13-15-17/h4-15,22H,3H2,1-2H3,(H,29,33). The maximum absolute atomic E-state index is 13.6. The zero-order chi connectivity index (χ0) is 23.5. The molecule has 33 heavy (non-hydrogen) atoms. The van der Waals surface area contributed by atoms with Gasteiger partial charge in [-0.05, 0) is 70.9 Å². The number of amides is 2. The summed E-state index contributed by atoms with van der Waals surface area (Å²) in [5, 5.41) is 3.46. The highest BCUT2D eigenvalue weighted by atomic mass is 79.9. The van der Waals surface area contributed by atoms with Gasteiger partial charge in [-0.3, -0.25) is 9.36 Å². The molecule has 0 bridgehead atoms. The third kappa shape index (κ3) is 4.72. The molecule has 0 radical (unpaired) electrons. The van der Waals surface area contributed by atoms with Crippen molar-refractivity contribution in [1.29, 1.82) is 0 Å². The number of hydrogen-bond donors (Lipinski definition) is 1. The molecule has 4 aromatic rings. The molecule has 3 aromatic carbocycles. The van der Waals surface area contributed by atoms with Crippen molar-refractivity contribution in [3.63, 3.8) is 0 Å². The van der Waals surface area contributed by atoms with Gasteiger partial charge in [0.1, 0.15) is 5.82 Å². The fraction of sp³-hybridized carbons (Fsp3) is 0.160. The minimum Gasteiger partial charge on any atom is -0.317 e. The van der Waals surface area contributed by atoms with Crippen molar-refractivity contribution < 1.29 is 4.79 Å². The lowest BCUT2D eigenvalue weighted by molar-refractivity contribution is 0.199. The van der Waals surface area contributed by atoms with Gasteiger partial charge in [0.05, 0.1) is 28.3 Å². The Morgan fingerprint density at radius 2 is 1.70 bits per heavy atom. The zero-order valence-electron chi connectivity index (χ0n) is 18.1. The fourth-order valence-electron chi connectivity index (χ4n) is 3.75. The van der Waals surface area contributed by atoms with E-state index in [1.54, 1.807) is 22.6 Å². The van der Waals surface area contributed by atoms with Crippen LogP contribution in [0.4, 0.5) is 10.5 Å². The minimum atomic E-state index is -0.437. The number of nitrogens with zero attached hydrogens (tertiary/aromatic N) is 3. The van der Waals surface area contributed by atoms with Crippen molar-refractivity contribution in [3.05, 3.63) is 97.9 Å². The monoisotopic (exact) mass is 568 g/mol. The van der Waals surface area contributed by atoms with E-state index in [1.165, 1.54) is 0 Å². The van der Waals surface area contributed by atoms with Crippen molar-refractivity contribution in [2.75, 3.05) is 12.4 Å². The number of fused-ring (bicyclic) bond motifs is 1. The number of carbonyl (C=O) groups is 1. The molecule has 0 aliphatic rings. The first-order valence-electron chi connectivity index (χ1n) is 10.5. The number of carbonyl (C=O) groups excluding carboxylic acids is 1. The van der Waals surface area contributed by atoms with Crippen LogP contribution in [0.1, 0.15) is 25.2 Å². The van der Waals surface area contributed by atoms with Crippen LogP contribution in [0.3, 0.4) is 0 Å². The highest BCUT2D eigenvalue weighted by molar-refractivity contribution is 9.10. The predicted molar refractivity (Wildman–Crippen MR) is 139 cm³/mol. The molecule has 0 fully saturated rings. The van der Waals surface area contributed by atoms with Crippen molar-refractivity contribution in [1.82, 2.24) is 14.5 Å². The Labute approximate surface area is 208 Å². The summed E-state index contributed by atoms with van der Waals surface area (Å²) < 4.78 is 3.30. The number of anilines is 1. The van der Waals surface area contributed by atoms with Crippen LogP contribution >= 0.6 is 31.9 Å². The van der Waals surface area contributed by atoms with Gasteiger partial charge in [0.2, 0.25) is 0 Å². The number of halogens is 2. The van der Waals surface area contributed by atoms with E-state index in [-0.39, 0.29) is 11.6 Å². The van der Waals surface area contributed by atoms with Crippen LogP contribution in [-0.2, 0) is 0 Å². The smallest absolute Gasteiger partial charge is 0.317 e. The molecule has 6 nitrogen and oxygen atoms in total. The van der Waals surface area contributed by atoms with E-state index in [0.717, 1.165) is 8.95 Å². The minimum absolute atomic E-state index is 0.170. The highest BCUT2D eigenvalue weighted by Gasteiger charge is 2.27. The topological polar surface area (TPSA) is 67.2 Å². The summed E-state index contributed by atoms with van der Waals surface area (Å²) in [6.45, 7) is 1.97. The lowest BCUT2D eigenvalue weighted by Crippen LogP contribution is -2.38. The Balaban J connectivity index is 1.83. The average molecular weight is 570 g/mol. The van der Waals surface area contributed by atoms with Gasteiger partial charge in [-0.1, -0.05) is 47.1 Å². The number of nitrogens with one attached hydrogen (secondary N) is 1. The molecular weight excluding hydrogens is 548 g/mol. The molecule has 8 heteroatoms. The van der Waals surface area contributed by atoms with E-state index >= 15 is 0 Å². The van der Waals surface area contributed by atoms with Gasteiger partial charge in [-0.25, -0.2) is 9.78 Å². The number of benzene rings is 3. The SMILES string of the molecule is CCC(c1nc2ccccc2c(=O)n1-c1ccc(Br)cc1)N(C)C(=O)Nc1ccccc1Br. The number of rotatable bonds is 5. The largest absolute Gasteiger partial charge is 0.322 e. The molecule has 1 atom stereocenters. The van der Waals surface area contributed by atoms with Crippen molar-refractivity contribution in [2.24, 2.45) is 0 Å². The summed E-state index contributed by atoms with van der Waals surface area (Å²) in [7, 11) is 1.72. The molecule has 168 valence electrons. The quantitative estimate of drug-likeness (QED) is 0.297. The molecule has 1 N–H and O–H groups in total. The number of aromatic nitrogens is 2. The van der Waals surface area contributed by atoms with Crippen LogP contribution in [0.2, 0.25) is 0 Å². The van der Waals surface area contributed by atoms with Crippen molar-refractivity contribution >= 4 is 54.5 Å². The van der Waals surface area contributed by atoms with Gasteiger partial charge in [0, 0.05) is 16.0 Å². The van der Waals surface area contributed by atoms with Gasteiger partial charge >= 0.3 is 6.03 Å². The normalized spacial score (nSPS) is 11.9. The lowest BCUT2D eigenvalue weighted by Gasteiger charge is -2.29. The van der Waals surface area contributed by atoms with Gasteiger partial charge < -0.3 is 10.2 Å². The van der Waals surface area contributed by atoms with Crippen LogP contribution in [0.15, 0.2) is 86.5 Å². The third-order valence-electron chi connectivity index (χ3n) is 5.47. The molecule has 1 unspecified atom stereocenters. The van der Waals surface area contributed by atoms with Crippen LogP contribution in [0.5, 0.6) is 0 Å². The molecule has 0 aliphatic heterocycles. The average Bonchev–Trinajstić information content (AvgIpc) is 2.82. The van der Waals surface area contributed by atoms with Crippen LogP contribution < -0.4 is 10.9 Å². The Bertz CT molecular complexity index is 1370.